The molecule has 9 heteroatoms. The van der Waals surface area contributed by atoms with Crippen molar-refractivity contribution in [2.24, 2.45) is 5.92 Å². The molecule has 2 aliphatic heterocycles. The van der Waals surface area contributed by atoms with Crippen LogP contribution in [0.5, 0.6) is 0 Å². The van der Waals surface area contributed by atoms with Gasteiger partial charge in [-0.25, -0.2) is 19.6 Å². The molecule has 142 valence electrons. The maximum atomic E-state index is 12.8. The van der Waals surface area contributed by atoms with Gasteiger partial charge >= 0.3 is 0 Å². The molecule has 0 bridgehead atoms. The zero-order chi connectivity index (χ0) is 18.2. The molecule has 0 radical (unpaired) electrons. The van der Waals surface area contributed by atoms with Crippen molar-refractivity contribution in [3.63, 3.8) is 0 Å². The smallest absolute Gasteiger partial charge is 0.229 e. The van der Waals surface area contributed by atoms with Gasteiger partial charge in [-0.1, -0.05) is 6.42 Å². The number of anilines is 1. The first kappa shape index (κ1) is 16.6. The average molecular weight is 368 g/mol. The van der Waals surface area contributed by atoms with Gasteiger partial charge in [0.1, 0.15) is 24.8 Å². The fourth-order valence-corrected chi connectivity index (χ4v) is 4.10. The Balaban J connectivity index is 1.15. The predicted octanol–water partition coefficient (Wildman–Crippen LogP) is 0.190. The van der Waals surface area contributed by atoms with Crippen molar-refractivity contribution in [2.45, 2.75) is 25.3 Å². The van der Waals surface area contributed by atoms with Crippen molar-refractivity contribution in [3.05, 3.63) is 25.0 Å². The van der Waals surface area contributed by atoms with E-state index in [4.69, 9.17) is 0 Å². The molecule has 5 rings (SSSR count). The Bertz CT molecular complexity index is 791. The van der Waals surface area contributed by atoms with E-state index < -0.39 is 0 Å². The summed E-state index contributed by atoms with van der Waals surface area (Å²) in [5.41, 5.74) is 0. The maximum Gasteiger partial charge on any atom is 0.229 e. The van der Waals surface area contributed by atoms with Gasteiger partial charge in [0, 0.05) is 51.4 Å². The number of amides is 1. The fourth-order valence-electron chi connectivity index (χ4n) is 4.10. The van der Waals surface area contributed by atoms with Gasteiger partial charge in [-0.2, -0.15) is 5.10 Å². The molecule has 2 saturated heterocycles. The third kappa shape index (κ3) is 3.16. The SMILES string of the molecule is O=C(C1CN(c2cc(-n3cncn3)ncn2)C1)N1CCN(C2CCC2)CC1. The number of aromatic nitrogens is 5. The topological polar surface area (TPSA) is 83.3 Å². The van der Waals surface area contributed by atoms with Crippen LogP contribution in [0, 0.1) is 5.92 Å². The van der Waals surface area contributed by atoms with E-state index in [9.17, 15) is 4.79 Å². The Morgan fingerprint density at radius 2 is 1.78 bits per heavy atom. The second-order valence-corrected chi connectivity index (χ2v) is 7.62. The van der Waals surface area contributed by atoms with Crippen molar-refractivity contribution in [3.8, 4) is 5.82 Å². The Morgan fingerprint density at radius 3 is 2.44 bits per heavy atom. The molecule has 4 heterocycles. The van der Waals surface area contributed by atoms with Crippen LogP contribution < -0.4 is 4.90 Å². The first-order chi connectivity index (χ1) is 13.3. The number of nitrogens with zero attached hydrogens (tertiary/aromatic N) is 8. The van der Waals surface area contributed by atoms with Gasteiger partial charge in [0.15, 0.2) is 5.82 Å². The van der Waals surface area contributed by atoms with E-state index in [0.29, 0.717) is 11.7 Å². The van der Waals surface area contributed by atoms with Gasteiger partial charge in [0.25, 0.3) is 0 Å². The first-order valence-corrected chi connectivity index (χ1v) is 9.73. The highest BCUT2D eigenvalue weighted by atomic mass is 16.2. The number of carbonyl (C=O) groups is 1. The lowest BCUT2D eigenvalue weighted by molar-refractivity contribution is -0.138. The van der Waals surface area contributed by atoms with Gasteiger partial charge in [0.2, 0.25) is 5.91 Å². The highest BCUT2D eigenvalue weighted by Crippen LogP contribution is 2.28. The Kier molecular flexibility index (Phi) is 4.23. The number of hydrogen-bond donors (Lipinski definition) is 0. The fraction of sp³-hybridized carbons (Fsp3) is 0.611. The van der Waals surface area contributed by atoms with E-state index in [1.807, 2.05) is 6.07 Å². The molecule has 2 aromatic heterocycles. The summed E-state index contributed by atoms with van der Waals surface area (Å²) in [5.74, 6) is 1.88. The summed E-state index contributed by atoms with van der Waals surface area (Å²) in [6, 6.07) is 2.66. The van der Waals surface area contributed by atoms with Crippen LogP contribution >= 0.6 is 0 Å². The van der Waals surface area contributed by atoms with Crippen molar-refractivity contribution in [1.82, 2.24) is 34.5 Å². The Hall–Kier alpha value is -2.55. The lowest BCUT2D eigenvalue weighted by Gasteiger charge is -2.46. The van der Waals surface area contributed by atoms with Crippen molar-refractivity contribution in [2.75, 3.05) is 44.2 Å². The van der Waals surface area contributed by atoms with Crippen molar-refractivity contribution in [1.29, 1.82) is 0 Å². The number of rotatable bonds is 4. The molecule has 2 aromatic rings. The average Bonchev–Trinajstić information content (AvgIpc) is 3.14. The highest BCUT2D eigenvalue weighted by molar-refractivity contribution is 5.82. The molecule has 27 heavy (non-hydrogen) atoms. The van der Waals surface area contributed by atoms with E-state index in [1.165, 1.54) is 31.9 Å². The summed E-state index contributed by atoms with van der Waals surface area (Å²) in [4.78, 5) is 32.0. The van der Waals surface area contributed by atoms with Crippen molar-refractivity contribution >= 4 is 11.7 Å². The number of hydrogen-bond acceptors (Lipinski definition) is 7. The molecule has 3 fully saturated rings. The lowest BCUT2D eigenvalue weighted by atomic mass is 9.91. The summed E-state index contributed by atoms with van der Waals surface area (Å²) >= 11 is 0. The number of piperazine rings is 1. The van der Waals surface area contributed by atoms with Gasteiger partial charge < -0.3 is 9.80 Å². The van der Waals surface area contributed by atoms with Crippen LogP contribution in [0.4, 0.5) is 5.82 Å². The lowest BCUT2D eigenvalue weighted by Crippen LogP contribution is -2.59. The van der Waals surface area contributed by atoms with Gasteiger partial charge in [-0.3, -0.25) is 9.69 Å². The normalized spacial score (nSPS) is 21.8. The minimum absolute atomic E-state index is 0.0741. The van der Waals surface area contributed by atoms with E-state index >= 15 is 0 Å². The third-order valence-corrected chi connectivity index (χ3v) is 6.06. The van der Waals surface area contributed by atoms with Gasteiger partial charge in [0.05, 0.1) is 5.92 Å². The van der Waals surface area contributed by atoms with Crippen LogP contribution in [0.1, 0.15) is 19.3 Å². The van der Waals surface area contributed by atoms with Crippen LogP contribution in [-0.4, -0.2) is 85.7 Å². The number of carbonyl (C=O) groups excluding carboxylic acids is 1. The minimum Gasteiger partial charge on any atom is -0.355 e. The van der Waals surface area contributed by atoms with E-state index in [1.54, 1.807) is 11.0 Å². The van der Waals surface area contributed by atoms with Gasteiger partial charge in [-0.05, 0) is 12.8 Å². The zero-order valence-corrected chi connectivity index (χ0v) is 15.3. The second kappa shape index (κ2) is 6.88. The zero-order valence-electron chi connectivity index (χ0n) is 15.3. The highest BCUT2D eigenvalue weighted by Gasteiger charge is 2.38. The molecule has 3 aliphatic rings. The molecule has 1 aliphatic carbocycles. The summed E-state index contributed by atoms with van der Waals surface area (Å²) in [6.45, 7) is 5.23. The maximum absolute atomic E-state index is 12.8. The monoisotopic (exact) mass is 368 g/mol. The molecule has 0 unspecified atom stereocenters. The minimum atomic E-state index is 0.0741. The summed E-state index contributed by atoms with van der Waals surface area (Å²) in [7, 11) is 0. The Morgan fingerprint density at radius 1 is 1.00 bits per heavy atom. The molecule has 1 amide bonds. The molecule has 0 N–H and O–H groups in total. The Labute approximate surface area is 158 Å². The molecule has 9 nitrogen and oxygen atoms in total. The van der Waals surface area contributed by atoms with Gasteiger partial charge in [-0.15, -0.1) is 0 Å². The van der Waals surface area contributed by atoms with Crippen LogP contribution in [-0.2, 0) is 4.79 Å². The molecule has 0 atom stereocenters. The molecule has 0 spiro atoms. The summed E-state index contributed by atoms with van der Waals surface area (Å²) in [6.07, 6.45) is 8.65. The molecule has 1 saturated carbocycles. The summed E-state index contributed by atoms with van der Waals surface area (Å²) < 4.78 is 1.61. The quantitative estimate of drug-likeness (QED) is 0.762. The predicted molar refractivity (Wildman–Crippen MR) is 98.4 cm³/mol. The summed E-state index contributed by atoms with van der Waals surface area (Å²) in [5, 5.41) is 4.10. The standard InChI is InChI=1S/C18H24N8O/c27-18(24-6-4-23(5-7-24)15-2-1-3-15)14-9-25(10-14)16-8-17(21-12-20-16)26-13-19-11-22-26/h8,11-15H,1-7,9-10H2. The van der Waals surface area contributed by atoms with E-state index in [-0.39, 0.29) is 5.92 Å². The third-order valence-electron chi connectivity index (χ3n) is 6.06. The van der Waals surface area contributed by atoms with Crippen LogP contribution in [0.3, 0.4) is 0 Å². The second-order valence-electron chi connectivity index (χ2n) is 7.62. The van der Waals surface area contributed by atoms with Crippen LogP contribution in [0.15, 0.2) is 25.0 Å². The molecular formula is C18H24N8O. The molecule has 0 aromatic carbocycles. The largest absolute Gasteiger partial charge is 0.355 e. The van der Waals surface area contributed by atoms with E-state index in [0.717, 1.165) is 51.1 Å². The van der Waals surface area contributed by atoms with Crippen LogP contribution in [0.2, 0.25) is 0 Å². The molecular weight excluding hydrogens is 344 g/mol. The van der Waals surface area contributed by atoms with E-state index in [2.05, 4.69) is 34.8 Å². The van der Waals surface area contributed by atoms with Crippen LogP contribution in [0.25, 0.3) is 5.82 Å². The van der Waals surface area contributed by atoms with Crippen molar-refractivity contribution < 1.29 is 4.79 Å². The first-order valence-electron chi connectivity index (χ1n) is 9.73.